The molecular formula is C8H7FO3. The highest BCUT2D eigenvalue weighted by molar-refractivity contribution is 5.48. The Morgan fingerprint density at radius 2 is 2.25 bits per heavy atom. The quantitative estimate of drug-likeness (QED) is 0.684. The van der Waals surface area contributed by atoms with E-state index < -0.39 is 5.82 Å². The highest BCUT2D eigenvalue weighted by Gasteiger charge is 2.18. The zero-order valence-corrected chi connectivity index (χ0v) is 6.21. The first kappa shape index (κ1) is 7.36. The molecule has 64 valence electrons. The summed E-state index contributed by atoms with van der Waals surface area (Å²) >= 11 is 0. The van der Waals surface area contributed by atoms with Crippen molar-refractivity contribution in [2.45, 2.75) is 6.61 Å². The Balaban J connectivity index is 2.55. The van der Waals surface area contributed by atoms with Gasteiger partial charge in [-0.1, -0.05) is 0 Å². The van der Waals surface area contributed by atoms with E-state index in [0.717, 1.165) is 0 Å². The van der Waals surface area contributed by atoms with Gasteiger partial charge in [0, 0.05) is 11.6 Å². The van der Waals surface area contributed by atoms with Gasteiger partial charge in [-0.25, -0.2) is 4.39 Å². The second-order valence-electron chi connectivity index (χ2n) is 2.46. The number of benzene rings is 1. The van der Waals surface area contributed by atoms with Crippen LogP contribution in [-0.4, -0.2) is 11.9 Å². The van der Waals surface area contributed by atoms with Crippen molar-refractivity contribution < 1.29 is 19.0 Å². The van der Waals surface area contributed by atoms with E-state index in [9.17, 15) is 4.39 Å². The third-order valence-corrected chi connectivity index (χ3v) is 1.68. The maximum atomic E-state index is 12.8. The number of fused-ring (bicyclic) bond motifs is 1. The van der Waals surface area contributed by atoms with Gasteiger partial charge in [-0.2, -0.15) is 0 Å². The number of aliphatic hydroxyl groups excluding tert-OH is 1. The predicted molar refractivity (Wildman–Crippen MR) is 38.4 cm³/mol. The van der Waals surface area contributed by atoms with Gasteiger partial charge in [0.1, 0.15) is 5.82 Å². The minimum atomic E-state index is -0.428. The number of aliphatic hydroxyl groups is 1. The molecule has 1 heterocycles. The standard InChI is InChI=1S/C8H7FO3/c9-6-1-5(3-10)8-7(2-6)11-4-12-8/h1-2,10H,3-4H2. The maximum absolute atomic E-state index is 12.8. The molecule has 0 atom stereocenters. The van der Waals surface area contributed by atoms with Crippen LogP contribution in [-0.2, 0) is 6.61 Å². The molecule has 1 aromatic carbocycles. The molecule has 0 aromatic heterocycles. The van der Waals surface area contributed by atoms with Gasteiger partial charge < -0.3 is 14.6 Å². The lowest BCUT2D eigenvalue weighted by Gasteiger charge is -2.01. The second kappa shape index (κ2) is 2.64. The van der Waals surface area contributed by atoms with Gasteiger partial charge in [-0.05, 0) is 6.07 Å². The number of halogens is 1. The average molecular weight is 170 g/mol. The highest BCUT2D eigenvalue weighted by Crippen LogP contribution is 2.36. The molecule has 12 heavy (non-hydrogen) atoms. The normalized spacial score (nSPS) is 13.5. The molecule has 1 aliphatic rings. The molecule has 1 aromatic rings. The van der Waals surface area contributed by atoms with Crippen molar-refractivity contribution in [2.75, 3.05) is 6.79 Å². The van der Waals surface area contributed by atoms with Gasteiger partial charge in [-0.15, -0.1) is 0 Å². The molecular weight excluding hydrogens is 163 g/mol. The maximum Gasteiger partial charge on any atom is 0.231 e. The Kier molecular flexibility index (Phi) is 1.62. The van der Waals surface area contributed by atoms with Gasteiger partial charge in [-0.3, -0.25) is 0 Å². The Hall–Kier alpha value is -1.29. The van der Waals surface area contributed by atoms with Crippen LogP contribution >= 0.6 is 0 Å². The molecule has 2 rings (SSSR count). The van der Waals surface area contributed by atoms with Crippen molar-refractivity contribution in [3.63, 3.8) is 0 Å². The van der Waals surface area contributed by atoms with E-state index in [1.54, 1.807) is 0 Å². The SMILES string of the molecule is OCc1cc(F)cc2c1OCO2. The van der Waals surface area contributed by atoms with Crippen LogP contribution in [0.3, 0.4) is 0 Å². The van der Waals surface area contributed by atoms with Crippen molar-refractivity contribution in [1.82, 2.24) is 0 Å². The summed E-state index contributed by atoms with van der Waals surface area (Å²) < 4.78 is 22.7. The lowest BCUT2D eigenvalue weighted by molar-refractivity contribution is 0.171. The van der Waals surface area contributed by atoms with Crippen LogP contribution in [0, 0.1) is 5.82 Å². The monoisotopic (exact) mass is 170 g/mol. The molecule has 0 aliphatic carbocycles. The molecule has 0 unspecified atom stereocenters. The molecule has 0 spiro atoms. The van der Waals surface area contributed by atoms with Crippen LogP contribution < -0.4 is 9.47 Å². The molecule has 3 nitrogen and oxygen atoms in total. The topological polar surface area (TPSA) is 38.7 Å². The summed E-state index contributed by atoms with van der Waals surface area (Å²) in [4.78, 5) is 0. The highest BCUT2D eigenvalue weighted by atomic mass is 19.1. The molecule has 4 heteroatoms. The molecule has 0 radical (unpaired) electrons. The van der Waals surface area contributed by atoms with E-state index in [0.29, 0.717) is 17.1 Å². The summed E-state index contributed by atoms with van der Waals surface area (Å²) in [6.07, 6.45) is 0. The first-order valence-electron chi connectivity index (χ1n) is 3.50. The van der Waals surface area contributed by atoms with Crippen LogP contribution in [0.25, 0.3) is 0 Å². The Morgan fingerprint density at radius 3 is 3.00 bits per heavy atom. The number of hydrogen-bond donors (Lipinski definition) is 1. The molecule has 0 saturated heterocycles. The first-order valence-corrected chi connectivity index (χ1v) is 3.50. The van der Waals surface area contributed by atoms with Crippen LogP contribution in [0.5, 0.6) is 11.5 Å². The van der Waals surface area contributed by atoms with Gasteiger partial charge in [0.05, 0.1) is 6.61 Å². The number of hydrogen-bond acceptors (Lipinski definition) is 3. The minimum absolute atomic E-state index is 0.0891. The largest absolute Gasteiger partial charge is 0.453 e. The smallest absolute Gasteiger partial charge is 0.231 e. The Morgan fingerprint density at radius 1 is 1.42 bits per heavy atom. The zero-order chi connectivity index (χ0) is 8.55. The third kappa shape index (κ3) is 1.00. The molecule has 0 amide bonds. The fraction of sp³-hybridized carbons (Fsp3) is 0.250. The lowest BCUT2D eigenvalue weighted by atomic mass is 10.2. The first-order chi connectivity index (χ1) is 5.81. The summed E-state index contributed by atoms with van der Waals surface area (Å²) in [5, 5.41) is 8.82. The van der Waals surface area contributed by atoms with Crippen LogP contribution in [0.15, 0.2) is 12.1 Å². The van der Waals surface area contributed by atoms with Crippen LogP contribution in [0.4, 0.5) is 4.39 Å². The van der Waals surface area contributed by atoms with Crippen LogP contribution in [0.2, 0.25) is 0 Å². The molecule has 0 saturated carbocycles. The van der Waals surface area contributed by atoms with Crippen molar-refractivity contribution >= 4 is 0 Å². The fourth-order valence-electron chi connectivity index (χ4n) is 1.16. The van der Waals surface area contributed by atoms with E-state index in [2.05, 4.69) is 0 Å². The second-order valence-corrected chi connectivity index (χ2v) is 2.46. The van der Waals surface area contributed by atoms with Crippen molar-refractivity contribution in [2.24, 2.45) is 0 Å². The van der Waals surface area contributed by atoms with Gasteiger partial charge in [0.2, 0.25) is 6.79 Å². The summed E-state index contributed by atoms with van der Waals surface area (Å²) in [7, 11) is 0. The van der Waals surface area contributed by atoms with E-state index >= 15 is 0 Å². The molecule has 1 aliphatic heterocycles. The van der Waals surface area contributed by atoms with Gasteiger partial charge >= 0.3 is 0 Å². The van der Waals surface area contributed by atoms with E-state index in [1.165, 1.54) is 12.1 Å². The van der Waals surface area contributed by atoms with Crippen molar-refractivity contribution in [3.8, 4) is 11.5 Å². The summed E-state index contributed by atoms with van der Waals surface area (Å²) in [5.74, 6) is 0.376. The van der Waals surface area contributed by atoms with Gasteiger partial charge in [0.25, 0.3) is 0 Å². The average Bonchev–Trinajstić information content (AvgIpc) is 2.50. The van der Waals surface area contributed by atoms with Crippen molar-refractivity contribution in [1.29, 1.82) is 0 Å². The third-order valence-electron chi connectivity index (χ3n) is 1.68. The van der Waals surface area contributed by atoms with Gasteiger partial charge in [0.15, 0.2) is 11.5 Å². The molecule has 1 N–H and O–H groups in total. The lowest BCUT2D eigenvalue weighted by Crippen LogP contribution is -1.94. The number of ether oxygens (including phenoxy) is 2. The summed E-state index contributed by atoms with van der Waals surface area (Å²) in [6, 6.07) is 2.47. The van der Waals surface area contributed by atoms with E-state index in [-0.39, 0.29) is 13.4 Å². The molecule has 0 bridgehead atoms. The fourth-order valence-corrected chi connectivity index (χ4v) is 1.16. The number of rotatable bonds is 1. The van der Waals surface area contributed by atoms with Crippen LogP contribution in [0.1, 0.15) is 5.56 Å². The van der Waals surface area contributed by atoms with E-state index in [1.807, 2.05) is 0 Å². The minimum Gasteiger partial charge on any atom is -0.453 e. The Bertz CT molecular complexity index is 311. The molecule has 0 fully saturated rings. The summed E-state index contributed by atoms with van der Waals surface area (Å²) in [6.45, 7) is -0.158. The Labute approximate surface area is 68.3 Å². The van der Waals surface area contributed by atoms with Crippen molar-refractivity contribution in [3.05, 3.63) is 23.5 Å². The van der Waals surface area contributed by atoms with E-state index in [4.69, 9.17) is 14.6 Å². The summed E-state index contributed by atoms with van der Waals surface area (Å²) in [5.41, 5.74) is 0.419. The predicted octanol–water partition coefficient (Wildman–Crippen LogP) is 1.05. The zero-order valence-electron chi connectivity index (χ0n) is 6.21.